The van der Waals surface area contributed by atoms with Gasteiger partial charge in [-0.2, -0.15) is 0 Å². The van der Waals surface area contributed by atoms with Crippen molar-refractivity contribution < 1.29 is 29.3 Å². The molecule has 5 aliphatic carbocycles. The summed E-state index contributed by atoms with van der Waals surface area (Å²) in [6, 6.07) is -0.561. The van der Waals surface area contributed by atoms with Crippen LogP contribution in [-0.4, -0.2) is 69.3 Å². The lowest BCUT2D eigenvalue weighted by Crippen LogP contribution is -2.63. The fourth-order valence-corrected chi connectivity index (χ4v) is 10.0. The Balaban J connectivity index is 1.23. The van der Waals surface area contributed by atoms with Crippen LogP contribution in [0.4, 0.5) is 0 Å². The van der Waals surface area contributed by atoms with Crippen molar-refractivity contribution in [3.05, 3.63) is 12.7 Å². The molecule has 0 aromatic heterocycles. The average molecular weight is 591 g/mol. The molecule has 9 heteroatoms. The highest BCUT2D eigenvalue weighted by Gasteiger charge is 2.68. The molecule has 0 aromatic rings. The molecule has 41 heavy (non-hydrogen) atoms. The van der Waals surface area contributed by atoms with Gasteiger partial charge in [0.25, 0.3) is 0 Å². The minimum absolute atomic E-state index is 0.0674. The molecule has 0 aromatic carbocycles. The molecule has 1 amide bonds. The lowest BCUT2D eigenvalue weighted by molar-refractivity contribution is -0.205. The van der Waals surface area contributed by atoms with Gasteiger partial charge in [-0.3, -0.25) is 14.4 Å². The summed E-state index contributed by atoms with van der Waals surface area (Å²) >= 11 is 1.33. The van der Waals surface area contributed by atoms with Crippen LogP contribution in [0.25, 0.3) is 0 Å². The fraction of sp³-hybridized carbons (Fsp3) is 0.844. The number of hydrogen-bond donors (Lipinski definition) is 4. The second-order valence-corrected chi connectivity index (χ2v) is 15.7. The molecule has 0 heterocycles. The third-order valence-electron chi connectivity index (χ3n) is 12.2. The van der Waals surface area contributed by atoms with Crippen molar-refractivity contribution in [1.29, 1.82) is 0 Å². The molecule has 230 valence electrons. The molecule has 5 saturated carbocycles. The maximum atomic E-state index is 13.5. The van der Waals surface area contributed by atoms with Gasteiger partial charge in [0.05, 0.1) is 23.5 Å². The predicted molar refractivity (Wildman–Crippen MR) is 159 cm³/mol. The minimum Gasteiger partial charge on any atom is -0.461 e. The summed E-state index contributed by atoms with van der Waals surface area (Å²) in [5.74, 6) is 0.326. The van der Waals surface area contributed by atoms with Gasteiger partial charge < -0.3 is 26.0 Å². The van der Waals surface area contributed by atoms with Crippen molar-refractivity contribution in [2.45, 2.75) is 115 Å². The average Bonchev–Trinajstić information content (AvgIpc) is 3.70. The van der Waals surface area contributed by atoms with Gasteiger partial charge in [0, 0.05) is 35.0 Å². The molecule has 5 aliphatic rings. The number of esters is 1. The van der Waals surface area contributed by atoms with Crippen LogP contribution < -0.4 is 11.1 Å². The topological polar surface area (TPSA) is 139 Å². The summed E-state index contributed by atoms with van der Waals surface area (Å²) in [5.41, 5.74) is 3.54. The second kappa shape index (κ2) is 10.9. The molecule has 2 unspecified atom stereocenters. The number of aliphatic hydroxyl groups excluding tert-OH is 1. The van der Waals surface area contributed by atoms with E-state index in [9.17, 15) is 24.6 Å². The first kappa shape index (κ1) is 31.0. The summed E-state index contributed by atoms with van der Waals surface area (Å²) < 4.78 is 6.29. The van der Waals surface area contributed by atoms with Gasteiger partial charge in [0.15, 0.2) is 0 Å². The van der Waals surface area contributed by atoms with E-state index >= 15 is 0 Å². The minimum atomic E-state index is -0.936. The summed E-state index contributed by atoms with van der Waals surface area (Å²) in [5, 5.41) is 25.5. The normalized spacial score (nSPS) is 46.4. The maximum Gasteiger partial charge on any atom is 0.316 e. The van der Waals surface area contributed by atoms with Gasteiger partial charge in [-0.15, -0.1) is 18.3 Å². The largest absolute Gasteiger partial charge is 0.461 e. The van der Waals surface area contributed by atoms with Crippen LogP contribution in [0.1, 0.15) is 85.5 Å². The summed E-state index contributed by atoms with van der Waals surface area (Å²) in [4.78, 5) is 39.1. The smallest absolute Gasteiger partial charge is 0.316 e. The van der Waals surface area contributed by atoms with Gasteiger partial charge in [0.1, 0.15) is 11.9 Å². The van der Waals surface area contributed by atoms with Gasteiger partial charge in [-0.05, 0) is 74.5 Å². The van der Waals surface area contributed by atoms with Crippen LogP contribution in [0.3, 0.4) is 0 Å². The van der Waals surface area contributed by atoms with Crippen molar-refractivity contribution in [2.75, 3.05) is 11.5 Å². The molecule has 0 saturated heterocycles. The molecule has 2 bridgehead atoms. The summed E-state index contributed by atoms with van der Waals surface area (Å²) in [7, 11) is 0. The number of ether oxygens (including phenoxy) is 1. The van der Waals surface area contributed by atoms with E-state index in [2.05, 4.69) is 32.7 Å². The van der Waals surface area contributed by atoms with Crippen LogP contribution >= 0.6 is 11.8 Å². The number of thioether (sulfide) groups is 1. The lowest BCUT2D eigenvalue weighted by Gasteiger charge is -2.61. The van der Waals surface area contributed by atoms with Crippen molar-refractivity contribution >= 4 is 29.4 Å². The Morgan fingerprint density at radius 1 is 1.20 bits per heavy atom. The van der Waals surface area contributed by atoms with E-state index in [0.29, 0.717) is 31.4 Å². The van der Waals surface area contributed by atoms with E-state index in [1.807, 2.05) is 6.92 Å². The molecular formula is C32H50N2O6S. The molecule has 9 atom stereocenters. The highest BCUT2D eigenvalue weighted by atomic mass is 32.2. The fourth-order valence-electron chi connectivity index (χ4n) is 9.06. The maximum absolute atomic E-state index is 13.5. The lowest BCUT2D eigenvalue weighted by atomic mass is 9.44. The zero-order chi connectivity index (χ0) is 30.0. The second-order valence-electron chi connectivity index (χ2n) is 14.8. The SMILES string of the molecule is C=C[C@]1(C)C[C@@H](OC(=O)CSCC2(O)CC(NC(=O)[C@H](N)C3CC3)C2)[C@]2(C)C(C)CC[C@]3(CCC(=O)C32)[C@@H](C)[C@@H]1O. The predicted octanol–water partition coefficient (Wildman–Crippen LogP) is 3.37. The van der Waals surface area contributed by atoms with Crippen molar-refractivity contribution in [2.24, 2.45) is 45.7 Å². The number of amides is 1. The van der Waals surface area contributed by atoms with E-state index in [4.69, 9.17) is 10.5 Å². The third-order valence-corrected chi connectivity index (χ3v) is 13.4. The highest BCUT2D eigenvalue weighted by molar-refractivity contribution is 8.00. The zero-order valence-electron chi connectivity index (χ0n) is 25.2. The number of Topliss-reactive ketones (excluding diaryl/α,β-unsaturated/α-hetero) is 1. The highest BCUT2D eigenvalue weighted by Crippen LogP contribution is 2.68. The number of rotatable bonds is 9. The number of nitrogens with two attached hydrogens (primary N) is 1. The molecular weight excluding hydrogens is 540 g/mol. The van der Waals surface area contributed by atoms with E-state index in [-0.39, 0.29) is 58.5 Å². The Kier molecular flexibility index (Phi) is 8.27. The number of carbonyl (C=O) groups is 3. The van der Waals surface area contributed by atoms with Crippen molar-refractivity contribution in [3.8, 4) is 0 Å². The Labute approximate surface area is 249 Å². The van der Waals surface area contributed by atoms with Crippen LogP contribution in [0, 0.1) is 39.9 Å². The summed E-state index contributed by atoms with van der Waals surface area (Å²) in [6.45, 7) is 12.5. The van der Waals surface area contributed by atoms with Crippen molar-refractivity contribution in [3.63, 3.8) is 0 Å². The molecule has 5 fully saturated rings. The van der Waals surface area contributed by atoms with Crippen molar-refractivity contribution in [1.82, 2.24) is 5.32 Å². The Bertz CT molecular complexity index is 1070. The number of carbonyl (C=O) groups excluding carboxylic acids is 3. The van der Waals surface area contributed by atoms with E-state index in [1.165, 1.54) is 11.8 Å². The Hall–Kier alpha value is -1.42. The monoisotopic (exact) mass is 590 g/mol. The number of nitrogens with one attached hydrogen (secondary N) is 1. The first-order valence-corrected chi connectivity index (χ1v) is 16.7. The van der Waals surface area contributed by atoms with Crippen LogP contribution in [0.15, 0.2) is 12.7 Å². The van der Waals surface area contributed by atoms with E-state index in [1.54, 1.807) is 6.08 Å². The molecule has 5 N–H and O–H groups in total. The van der Waals surface area contributed by atoms with Gasteiger partial charge in [-0.1, -0.05) is 33.8 Å². The molecule has 0 radical (unpaired) electrons. The molecule has 0 aliphatic heterocycles. The summed E-state index contributed by atoms with van der Waals surface area (Å²) in [6.07, 6.45) is 6.98. The molecule has 0 spiro atoms. The standard InChI is InChI=1S/C32H50N2O6S/c1-6-29(4)15-23(30(5)18(2)9-11-32(19(3)27(29)37)12-10-22(35)26(30)32)40-24(36)16-41-17-31(39)13-21(14-31)34-28(38)25(33)20-7-8-20/h6,18-21,23,25-27,37,39H,1,7-17,33H2,2-5H3,(H,34,38)/t18?,19-,21?,23+,25+,26?,27-,29+,30-,31?,32-/m0/s1. The van der Waals surface area contributed by atoms with E-state index < -0.39 is 34.7 Å². The van der Waals surface area contributed by atoms with Gasteiger partial charge in [0.2, 0.25) is 5.91 Å². The quantitative estimate of drug-likeness (QED) is 0.237. The Morgan fingerprint density at radius 3 is 2.51 bits per heavy atom. The third kappa shape index (κ3) is 5.31. The first-order valence-electron chi connectivity index (χ1n) is 15.6. The number of ketones is 1. The first-order chi connectivity index (χ1) is 19.2. The van der Waals surface area contributed by atoms with Crippen LogP contribution in [-0.2, 0) is 19.1 Å². The van der Waals surface area contributed by atoms with Crippen LogP contribution in [0.5, 0.6) is 0 Å². The number of aliphatic hydroxyl groups is 2. The zero-order valence-corrected chi connectivity index (χ0v) is 26.0. The van der Waals surface area contributed by atoms with Crippen LogP contribution in [0.2, 0.25) is 0 Å². The van der Waals surface area contributed by atoms with Gasteiger partial charge in [-0.25, -0.2) is 0 Å². The molecule has 5 rings (SSSR count). The molecule has 8 nitrogen and oxygen atoms in total. The van der Waals surface area contributed by atoms with E-state index in [0.717, 1.165) is 32.1 Å². The van der Waals surface area contributed by atoms with Gasteiger partial charge >= 0.3 is 5.97 Å². The Morgan fingerprint density at radius 2 is 1.88 bits per heavy atom. The number of hydrogen-bond acceptors (Lipinski definition) is 8.